The maximum absolute atomic E-state index is 10.2. The van der Waals surface area contributed by atoms with Gasteiger partial charge in [0.15, 0.2) is 0 Å². The number of carbonyl (C=O) groups is 2. The fourth-order valence-electron chi connectivity index (χ4n) is 4.43. The maximum Gasteiger partial charge on any atom is 2.00 e. The van der Waals surface area contributed by atoms with Crippen LogP contribution < -0.4 is 21.2 Å². The van der Waals surface area contributed by atoms with Crippen LogP contribution in [0, 0.1) is 74.5 Å². The van der Waals surface area contributed by atoms with Crippen LogP contribution in [0.4, 0.5) is 0 Å². The molecule has 2 fully saturated rings. The van der Waals surface area contributed by atoms with Crippen molar-refractivity contribution in [3.05, 3.63) is 184 Å². The van der Waals surface area contributed by atoms with Crippen LogP contribution in [0.1, 0.15) is 0 Å². The minimum Gasteiger partial charge on any atom is -0.459 e. The molecule has 2 aliphatic rings. The molecule has 8 heteroatoms. The maximum atomic E-state index is 10.2. The molecule has 0 N–H and O–H groups in total. The van der Waals surface area contributed by atoms with Crippen LogP contribution in [0.3, 0.4) is 0 Å². The third-order valence-electron chi connectivity index (χ3n) is 6.50. The van der Waals surface area contributed by atoms with Gasteiger partial charge in [-0.15, -0.1) is 0 Å². The van der Waals surface area contributed by atoms with E-state index in [1.165, 1.54) is 46.8 Å². The largest absolute Gasteiger partial charge is 2.00 e. The van der Waals surface area contributed by atoms with Gasteiger partial charge in [-0.05, 0) is 88.4 Å². The number of hydrogen-bond donors (Lipinski definition) is 0. The third-order valence-corrected chi connectivity index (χ3v) is 11.4. The summed E-state index contributed by atoms with van der Waals surface area (Å²) in [5, 5.41) is 5.63. The van der Waals surface area contributed by atoms with E-state index in [0.717, 1.165) is 0 Å². The topological polar surface area (TPSA) is 52.6 Å². The zero-order valence-corrected chi connectivity index (χ0v) is 30.8. The van der Waals surface area contributed by atoms with E-state index in [0.29, 0.717) is 0 Å². The smallest absolute Gasteiger partial charge is 0.459 e. The van der Waals surface area contributed by atoms with Gasteiger partial charge >= 0.3 is 29.0 Å². The first-order valence-electron chi connectivity index (χ1n) is 14.5. The van der Waals surface area contributed by atoms with Crippen molar-refractivity contribution in [1.29, 1.82) is 0 Å². The van der Waals surface area contributed by atoms with E-state index in [1.807, 2.05) is 11.8 Å². The summed E-state index contributed by atoms with van der Waals surface area (Å²) >= 11 is 0. The van der Waals surface area contributed by atoms with Crippen LogP contribution in [0.2, 0.25) is 0 Å². The summed E-state index contributed by atoms with van der Waals surface area (Å²) in [5.41, 5.74) is 2.84. The molecule has 0 spiro atoms. The minimum atomic E-state index is -0.759. The average molecular weight is 803 g/mol. The van der Waals surface area contributed by atoms with Crippen molar-refractivity contribution in [3.63, 3.8) is 0 Å². The van der Waals surface area contributed by atoms with E-state index in [4.69, 9.17) is 0 Å². The second-order valence-electron chi connectivity index (χ2n) is 9.53. The monoisotopic (exact) mass is 802 g/mol. The van der Waals surface area contributed by atoms with Gasteiger partial charge in [0.2, 0.25) is 0 Å². The zero-order valence-electron chi connectivity index (χ0n) is 26.4. The van der Waals surface area contributed by atoms with Gasteiger partial charge in [0, 0.05) is 43.6 Å². The Balaban J connectivity index is 0.000000256. The molecule has 6 rings (SSSR count). The van der Waals surface area contributed by atoms with Gasteiger partial charge in [-0.25, -0.2) is 9.59 Å². The van der Waals surface area contributed by atoms with Gasteiger partial charge in [0.05, 0.1) is 14.2 Å². The van der Waals surface area contributed by atoms with E-state index in [-0.39, 0.29) is 37.5 Å². The van der Waals surface area contributed by atoms with Crippen LogP contribution in [0.25, 0.3) is 0 Å². The van der Waals surface area contributed by atoms with Crippen molar-refractivity contribution in [2.75, 3.05) is 14.2 Å². The molecule has 48 heavy (non-hydrogen) atoms. The van der Waals surface area contributed by atoms with Gasteiger partial charge < -0.3 is 9.47 Å². The number of benzene rings is 4. The summed E-state index contributed by atoms with van der Waals surface area (Å²) in [5.74, 6) is 2.28. The second-order valence-corrected chi connectivity index (χ2v) is 14.0. The number of esters is 2. The molecule has 0 amide bonds. The molecule has 244 valence electrons. The summed E-state index contributed by atoms with van der Waals surface area (Å²) in [6.07, 6.45) is 17.4. The Hall–Kier alpha value is -2.58. The van der Waals surface area contributed by atoms with Gasteiger partial charge in [-0.2, -0.15) is 0 Å². The molecule has 4 aromatic carbocycles. The first-order chi connectivity index (χ1) is 22.6. The van der Waals surface area contributed by atoms with E-state index < -0.39 is 27.8 Å². The van der Waals surface area contributed by atoms with E-state index >= 15 is 0 Å². The number of hydrogen-bond acceptors (Lipinski definition) is 4. The Labute approximate surface area is 313 Å². The molecule has 0 aromatic heterocycles. The molecule has 0 unspecified atom stereocenters. The Morgan fingerprint density at radius 2 is 0.688 bits per heavy atom. The van der Waals surface area contributed by atoms with Gasteiger partial charge in [-0.3, -0.25) is 0 Å². The van der Waals surface area contributed by atoms with E-state index in [9.17, 15) is 9.59 Å². The summed E-state index contributed by atoms with van der Waals surface area (Å²) in [7, 11) is 1.53. The Morgan fingerprint density at radius 3 is 0.896 bits per heavy atom. The fraction of sp³-hybridized carbons (Fsp3) is 0.0500. The van der Waals surface area contributed by atoms with E-state index in [2.05, 4.69) is 182 Å². The molecular weight excluding hydrogens is 769 g/mol. The number of carbonyl (C=O) groups excluding carboxylic acids is 2. The van der Waals surface area contributed by atoms with Crippen LogP contribution in [0.5, 0.6) is 0 Å². The molecule has 2 aliphatic carbocycles. The fourth-order valence-corrected chi connectivity index (χ4v) is 9.04. The van der Waals surface area contributed by atoms with E-state index in [1.54, 1.807) is 0 Å². The number of rotatable bonds is 6. The Kier molecular flexibility index (Phi) is 20.6. The number of methoxy groups -OCH3 is 2. The van der Waals surface area contributed by atoms with Crippen molar-refractivity contribution >= 4 is 49.0 Å². The third kappa shape index (κ3) is 13.4. The van der Waals surface area contributed by atoms with Crippen LogP contribution in [-0.4, -0.2) is 26.2 Å². The van der Waals surface area contributed by atoms with Gasteiger partial charge in [0.1, 0.15) is 0 Å². The van der Waals surface area contributed by atoms with Crippen molar-refractivity contribution in [1.82, 2.24) is 0 Å². The van der Waals surface area contributed by atoms with Crippen molar-refractivity contribution in [3.8, 4) is 11.8 Å². The molecule has 4 aromatic rings. The Bertz CT molecular complexity index is 1330. The zero-order chi connectivity index (χ0) is 32.4. The SMILES string of the molecule is COC(=O)C#CC(=O)OC.[CH]1[CH][CH][C](P(c2ccccc2)c2ccccc2)[CH]1.[CH]1[CH][CH][C](P(c2ccccc2)c2ccccc2)[CH]1.[Fe+2].[Pd]. The molecule has 0 heterocycles. The molecule has 0 bridgehead atoms. The summed E-state index contributed by atoms with van der Waals surface area (Å²) < 4.78 is 8.25. The van der Waals surface area contributed by atoms with Gasteiger partial charge in [0.25, 0.3) is 0 Å². The standard InChI is InChI=1S/2C17H14P.C6H6O4.Fe.Pd/c2*1-3-9-15(10-4-1)18(17-13-7-8-14-17)16-11-5-2-6-12-16;1-9-5(7)3-4-6(8)10-2;;/h2*1-14H;1-2H3;;/q;;;+2;. The molecule has 2 saturated carbocycles. The molecule has 4 nitrogen and oxygen atoms in total. The first kappa shape index (κ1) is 41.6. The van der Waals surface area contributed by atoms with Gasteiger partial charge in [-0.1, -0.05) is 121 Å². The van der Waals surface area contributed by atoms with Crippen molar-refractivity contribution in [2.45, 2.75) is 0 Å². The summed E-state index contributed by atoms with van der Waals surface area (Å²) in [6, 6.07) is 43.1. The summed E-state index contributed by atoms with van der Waals surface area (Å²) in [6.45, 7) is 0. The van der Waals surface area contributed by atoms with Crippen molar-refractivity contribution < 1.29 is 56.6 Å². The molecule has 0 aliphatic heterocycles. The molecular formula is C40H34FeO4P2Pd+2. The van der Waals surface area contributed by atoms with Crippen LogP contribution in [0.15, 0.2) is 121 Å². The predicted molar refractivity (Wildman–Crippen MR) is 191 cm³/mol. The second kappa shape index (κ2) is 23.7. The Morgan fingerprint density at radius 1 is 0.458 bits per heavy atom. The normalized spacial score (nSPS) is 13.7. The average Bonchev–Trinajstić information content (AvgIpc) is 3.86. The summed E-state index contributed by atoms with van der Waals surface area (Å²) in [4.78, 5) is 20.5. The van der Waals surface area contributed by atoms with Crippen LogP contribution >= 0.6 is 15.8 Å². The molecule has 10 radical (unpaired) electrons. The quantitative estimate of drug-likeness (QED) is 0.0757. The van der Waals surface area contributed by atoms with Crippen molar-refractivity contribution in [2.24, 2.45) is 0 Å². The van der Waals surface area contributed by atoms with Crippen LogP contribution in [-0.2, 0) is 56.6 Å². The first-order valence-corrected chi connectivity index (χ1v) is 17.2. The minimum absolute atomic E-state index is 0. The molecule has 0 atom stereocenters. The predicted octanol–water partition coefficient (Wildman–Crippen LogP) is 6.29. The molecule has 0 saturated heterocycles. The number of ether oxygens (including phenoxy) is 2.